The van der Waals surface area contributed by atoms with Gasteiger partial charge in [0.05, 0.1) is 5.56 Å². The summed E-state index contributed by atoms with van der Waals surface area (Å²) in [7, 11) is 0. The highest BCUT2D eigenvalue weighted by molar-refractivity contribution is 5.80. The molecule has 0 spiro atoms. The number of ether oxygens (including phenoxy) is 1. The van der Waals surface area contributed by atoms with Crippen LogP contribution < -0.4 is 10.1 Å². The van der Waals surface area contributed by atoms with E-state index in [0.717, 1.165) is 6.07 Å². The zero-order valence-electron chi connectivity index (χ0n) is 10.9. The third-order valence-electron chi connectivity index (χ3n) is 2.50. The highest BCUT2D eigenvalue weighted by atomic mass is 19.4. The minimum Gasteiger partial charge on any atom is -0.480 e. The molecule has 1 atom stereocenters. The minimum absolute atomic E-state index is 0.0770. The Hall–Kier alpha value is -1.76. The molecule has 0 saturated heterocycles. The zero-order chi connectivity index (χ0) is 15.2. The van der Waals surface area contributed by atoms with Gasteiger partial charge in [-0.3, -0.25) is 4.79 Å². The Morgan fingerprint density at radius 3 is 2.65 bits per heavy atom. The number of carbonyl (C=O) groups excluding carboxylic acids is 1. The number of amides is 1. The lowest BCUT2D eigenvalue weighted by Gasteiger charge is -2.18. The standard InChI is InChI=1S/C13H16F3NO3/c1-9(12(19)17-7-4-8-18)20-11-6-3-2-5-10(11)13(14,15)16/h2-3,5-6,9,18H,4,7-8H2,1H3,(H,17,19). The maximum Gasteiger partial charge on any atom is 0.419 e. The van der Waals surface area contributed by atoms with Gasteiger partial charge >= 0.3 is 6.18 Å². The first-order valence-corrected chi connectivity index (χ1v) is 6.07. The summed E-state index contributed by atoms with van der Waals surface area (Å²) in [5, 5.41) is 11.0. The molecule has 20 heavy (non-hydrogen) atoms. The van der Waals surface area contributed by atoms with E-state index in [1.165, 1.54) is 25.1 Å². The Labute approximate surface area is 114 Å². The van der Waals surface area contributed by atoms with Gasteiger partial charge in [0.1, 0.15) is 5.75 Å². The molecule has 0 saturated carbocycles. The summed E-state index contributed by atoms with van der Waals surface area (Å²) in [6, 6.07) is 4.72. The number of benzene rings is 1. The van der Waals surface area contributed by atoms with Crippen LogP contribution in [0.15, 0.2) is 24.3 Å². The molecular formula is C13H16F3NO3. The van der Waals surface area contributed by atoms with Crippen molar-refractivity contribution >= 4 is 5.91 Å². The molecule has 0 aliphatic rings. The second-order valence-electron chi connectivity index (χ2n) is 4.12. The molecule has 0 radical (unpaired) electrons. The fourth-order valence-electron chi connectivity index (χ4n) is 1.48. The second kappa shape index (κ2) is 7.14. The van der Waals surface area contributed by atoms with Crippen molar-refractivity contribution in [1.82, 2.24) is 5.32 Å². The Balaban J connectivity index is 2.71. The van der Waals surface area contributed by atoms with E-state index in [0.29, 0.717) is 6.42 Å². The van der Waals surface area contributed by atoms with Crippen molar-refractivity contribution in [3.05, 3.63) is 29.8 Å². The van der Waals surface area contributed by atoms with Crippen LogP contribution >= 0.6 is 0 Å². The maximum absolute atomic E-state index is 12.7. The lowest BCUT2D eigenvalue weighted by molar-refractivity contribution is -0.140. The van der Waals surface area contributed by atoms with Gasteiger partial charge in [-0.15, -0.1) is 0 Å². The fourth-order valence-corrected chi connectivity index (χ4v) is 1.48. The number of rotatable bonds is 6. The first-order valence-electron chi connectivity index (χ1n) is 6.07. The fraction of sp³-hybridized carbons (Fsp3) is 0.462. The van der Waals surface area contributed by atoms with Gasteiger partial charge in [-0.05, 0) is 25.5 Å². The van der Waals surface area contributed by atoms with Crippen LogP contribution in [0.4, 0.5) is 13.2 Å². The van der Waals surface area contributed by atoms with Crippen LogP contribution in [-0.2, 0) is 11.0 Å². The largest absolute Gasteiger partial charge is 0.480 e. The number of nitrogens with one attached hydrogen (secondary N) is 1. The van der Waals surface area contributed by atoms with Crippen molar-refractivity contribution in [3.63, 3.8) is 0 Å². The van der Waals surface area contributed by atoms with Crippen LogP contribution in [0.3, 0.4) is 0 Å². The monoisotopic (exact) mass is 291 g/mol. The van der Waals surface area contributed by atoms with E-state index in [1.54, 1.807) is 0 Å². The number of para-hydroxylation sites is 1. The lowest BCUT2D eigenvalue weighted by Crippen LogP contribution is -2.37. The van der Waals surface area contributed by atoms with Crippen molar-refractivity contribution in [2.45, 2.75) is 25.6 Å². The van der Waals surface area contributed by atoms with Gasteiger partial charge in [-0.1, -0.05) is 12.1 Å². The summed E-state index contributed by atoms with van der Waals surface area (Å²) < 4.78 is 43.3. The van der Waals surface area contributed by atoms with Gasteiger partial charge in [0, 0.05) is 13.2 Å². The summed E-state index contributed by atoms with van der Waals surface area (Å²) in [4.78, 5) is 11.6. The Bertz CT molecular complexity index is 449. The third kappa shape index (κ3) is 4.73. The molecule has 4 nitrogen and oxygen atoms in total. The van der Waals surface area contributed by atoms with E-state index in [2.05, 4.69) is 5.32 Å². The predicted molar refractivity (Wildman–Crippen MR) is 66.2 cm³/mol. The number of halogens is 3. The zero-order valence-corrected chi connectivity index (χ0v) is 10.9. The second-order valence-corrected chi connectivity index (χ2v) is 4.12. The molecule has 0 fully saturated rings. The topological polar surface area (TPSA) is 58.6 Å². The van der Waals surface area contributed by atoms with E-state index >= 15 is 0 Å². The van der Waals surface area contributed by atoms with Crippen molar-refractivity contribution in [1.29, 1.82) is 0 Å². The summed E-state index contributed by atoms with van der Waals surface area (Å²) in [5.41, 5.74) is -0.921. The summed E-state index contributed by atoms with van der Waals surface area (Å²) in [6.45, 7) is 1.53. The average molecular weight is 291 g/mol. The molecule has 7 heteroatoms. The molecule has 1 amide bonds. The van der Waals surface area contributed by atoms with E-state index in [1.807, 2.05) is 0 Å². The van der Waals surface area contributed by atoms with Crippen molar-refractivity contribution in [2.75, 3.05) is 13.2 Å². The molecule has 1 unspecified atom stereocenters. The van der Waals surface area contributed by atoms with E-state index in [4.69, 9.17) is 9.84 Å². The van der Waals surface area contributed by atoms with E-state index in [-0.39, 0.29) is 18.9 Å². The third-order valence-corrected chi connectivity index (χ3v) is 2.50. The smallest absolute Gasteiger partial charge is 0.419 e. The SMILES string of the molecule is CC(Oc1ccccc1C(F)(F)F)C(=O)NCCCO. The minimum atomic E-state index is -4.54. The molecule has 1 rings (SSSR count). The van der Waals surface area contributed by atoms with Gasteiger partial charge in [0.2, 0.25) is 0 Å². The Morgan fingerprint density at radius 2 is 2.05 bits per heavy atom. The van der Waals surface area contributed by atoms with Crippen molar-refractivity contribution in [3.8, 4) is 5.75 Å². The molecule has 2 N–H and O–H groups in total. The molecule has 0 aliphatic carbocycles. The lowest BCUT2D eigenvalue weighted by atomic mass is 10.2. The normalized spacial score (nSPS) is 12.8. The van der Waals surface area contributed by atoms with Gasteiger partial charge in [-0.2, -0.15) is 13.2 Å². The van der Waals surface area contributed by atoms with Gasteiger partial charge in [0.15, 0.2) is 6.10 Å². The van der Waals surface area contributed by atoms with E-state index < -0.39 is 23.8 Å². The van der Waals surface area contributed by atoms with Crippen molar-refractivity contribution in [2.24, 2.45) is 0 Å². The first kappa shape index (κ1) is 16.3. The van der Waals surface area contributed by atoms with Crippen LogP contribution in [0.25, 0.3) is 0 Å². The number of aliphatic hydroxyl groups excluding tert-OH is 1. The van der Waals surface area contributed by atoms with Gasteiger partial charge in [-0.25, -0.2) is 0 Å². The van der Waals surface area contributed by atoms with Gasteiger partial charge in [0.25, 0.3) is 5.91 Å². The highest BCUT2D eigenvalue weighted by Gasteiger charge is 2.34. The molecule has 1 aromatic carbocycles. The van der Waals surface area contributed by atoms with Crippen LogP contribution in [0, 0.1) is 0 Å². The molecule has 0 heterocycles. The summed E-state index contributed by atoms with van der Waals surface area (Å²) >= 11 is 0. The number of hydrogen-bond acceptors (Lipinski definition) is 3. The Kier molecular flexibility index (Phi) is 5.82. The van der Waals surface area contributed by atoms with Crippen LogP contribution in [0.2, 0.25) is 0 Å². The van der Waals surface area contributed by atoms with E-state index in [9.17, 15) is 18.0 Å². The van der Waals surface area contributed by atoms with Crippen LogP contribution in [0.1, 0.15) is 18.9 Å². The number of aliphatic hydroxyl groups is 1. The average Bonchev–Trinajstić information content (AvgIpc) is 2.38. The molecule has 112 valence electrons. The molecule has 1 aromatic rings. The Morgan fingerprint density at radius 1 is 1.40 bits per heavy atom. The van der Waals surface area contributed by atoms with Crippen LogP contribution in [0.5, 0.6) is 5.75 Å². The molecular weight excluding hydrogens is 275 g/mol. The number of alkyl halides is 3. The predicted octanol–water partition coefficient (Wildman–Crippen LogP) is 1.97. The first-order chi connectivity index (χ1) is 9.36. The summed E-state index contributed by atoms with van der Waals surface area (Å²) in [6.07, 6.45) is -5.22. The maximum atomic E-state index is 12.7. The van der Waals surface area contributed by atoms with Crippen LogP contribution in [-0.4, -0.2) is 30.3 Å². The van der Waals surface area contributed by atoms with Crippen molar-refractivity contribution < 1.29 is 27.8 Å². The highest BCUT2D eigenvalue weighted by Crippen LogP contribution is 2.36. The molecule has 0 bridgehead atoms. The molecule has 0 aromatic heterocycles. The summed E-state index contributed by atoms with van der Waals surface area (Å²) in [5.74, 6) is -0.916. The quantitative estimate of drug-likeness (QED) is 0.788. The van der Waals surface area contributed by atoms with Gasteiger partial charge < -0.3 is 15.2 Å². The number of hydrogen-bond donors (Lipinski definition) is 2. The number of carbonyl (C=O) groups is 1. The molecule has 0 aliphatic heterocycles.